The Labute approximate surface area is 172 Å². The molecule has 4 aromatic rings. The minimum atomic E-state index is -0.266. The van der Waals surface area contributed by atoms with Crippen LogP contribution in [0.4, 0.5) is 5.69 Å². The number of aromatic nitrogens is 2. The van der Waals surface area contributed by atoms with Crippen molar-refractivity contribution in [1.82, 2.24) is 15.3 Å². The molecule has 2 heterocycles. The minimum absolute atomic E-state index is 0.0461. The van der Waals surface area contributed by atoms with Crippen LogP contribution in [-0.2, 0) is 11.2 Å². The number of nitrogens with one attached hydrogen (secondary N) is 4. The molecular formula is C22H22N4O2S. The van der Waals surface area contributed by atoms with Gasteiger partial charge in [-0.25, -0.2) is 4.79 Å². The van der Waals surface area contributed by atoms with Crippen LogP contribution in [0.25, 0.3) is 11.0 Å². The molecule has 29 heavy (non-hydrogen) atoms. The lowest BCUT2D eigenvalue weighted by atomic mass is 10.0. The minimum Gasteiger partial charge on any atom is -0.325 e. The lowest BCUT2D eigenvalue weighted by molar-refractivity contribution is -0.115. The fourth-order valence-electron chi connectivity index (χ4n) is 3.29. The van der Waals surface area contributed by atoms with E-state index >= 15 is 0 Å². The van der Waals surface area contributed by atoms with Crippen LogP contribution in [0.2, 0.25) is 0 Å². The molecule has 148 valence electrons. The number of carbonyl (C=O) groups excluding carboxylic acids is 1. The van der Waals surface area contributed by atoms with Crippen LogP contribution in [0.3, 0.4) is 0 Å². The summed E-state index contributed by atoms with van der Waals surface area (Å²) in [7, 11) is 0. The molecule has 0 spiro atoms. The molecule has 7 heteroatoms. The highest BCUT2D eigenvalue weighted by Gasteiger charge is 2.16. The summed E-state index contributed by atoms with van der Waals surface area (Å²) in [5.41, 5.74) is 4.16. The van der Waals surface area contributed by atoms with Crippen molar-refractivity contribution >= 4 is 34.0 Å². The number of hydrogen-bond donors (Lipinski definition) is 4. The highest BCUT2D eigenvalue weighted by molar-refractivity contribution is 7.10. The molecule has 0 aliphatic carbocycles. The number of hydrogen-bond acceptors (Lipinski definition) is 4. The topological polar surface area (TPSA) is 89.8 Å². The Bertz CT molecular complexity index is 1160. The summed E-state index contributed by atoms with van der Waals surface area (Å²) in [6.45, 7) is 2.30. The SMILES string of the molecule is CCc1ccc([C@@H](NCC(=O)Nc2ccc3[nH]c(=O)[nH]c3c2)c2cccs2)cc1. The molecular weight excluding hydrogens is 384 g/mol. The quantitative estimate of drug-likeness (QED) is 0.376. The summed E-state index contributed by atoms with van der Waals surface area (Å²) in [6, 6.07) is 17.8. The Balaban J connectivity index is 1.45. The molecule has 2 aromatic carbocycles. The van der Waals surface area contributed by atoms with E-state index in [2.05, 4.69) is 57.9 Å². The zero-order chi connectivity index (χ0) is 20.2. The van der Waals surface area contributed by atoms with E-state index in [0.29, 0.717) is 16.7 Å². The van der Waals surface area contributed by atoms with Crippen LogP contribution < -0.4 is 16.3 Å². The van der Waals surface area contributed by atoms with Crippen molar-refractivity contribution in [2.75, 3.05) is 11.9 Å². The zero-order valence-electron chi connectivity index (χ0n) is 16.0. The van der Waals surface area contributed by atoms with E-state index in [1.807, 2.05) is 11.4 Å². The molecule has 0 saturated heterocycles. The first kappa shape index (κ1) is 19.2. The van der Waals surface area contributed by atoms with Gasteiger partial charge in [-0.2, -0.15) is 0 Å². The third-order valence-electron chi connectivity index (χ3n) is 4.82. The smallest absolute Gasteiger partial charge is 0.323 e. The standard InChI is InChI=1S/C22H22N4O2S/c1-2-14-5-7-15(8-6-14)21(19-4-3-11-29-19)23-13-20(27)24-16-9-10-17-18(12-16)26-22(28)25-17/h3-12,21,23H,2,13H2,1H3,(H,24,27)(H2,25,26,28)/t21-/m1/s1. The molecule has 0 unspecified atom stereocenters. The summed E-state index contributed by atoms with van der Waals surface area (Å²) in [5.74, 6) is -0.144. The van der Waals surface area contributed by atoms with Gasteiger partial charge in [0.25, 0.3) is 0 Å². The number of aryl methyl sites for hydroxylation is 1. The molecule has 0 saturated carbocycles. The Kier molecular flexibility index (Phi) is 5.59. The van der Waals surface area contributed by atoms with Crippen molar-refractivity contribution in [3.63, 3.8) is 0 Å². The van der Waals surface area contributed by atoms with Crippen LogP contribution in [0, 0.1) is 0 Å². The summed E-state index contributed by atoms with van der Waals surface area (Å²) in [4.78, 5) is 30.4. The Morgan fingerprint density at radius 2 is 1.86 bits per heavy atom. The number of rotatable bonds is 7. The Morgan fingerprint density at radius 1 is 1.07 bits per heavy atom. The molecule has 0 radical (unpaired) electrons. The highest BCUT2D eigenvalue weighted by Crippen LogP contribution is 2.26. The monoisotopic (exact) mass is 406 g/mol. The first-order valence-electron chi connectivity index (χ1n) is 9.50. The van der Waals surface area contributed by atoms with E-state index in [4.69, 9.17) is 0 Å². The molecule has 0 bridgehead atoms. The van der Waals surface area contributed by atoms with E-state index in [1.165, 1.54) is 5.56 Å². The summed E-state index contributed by atoms with van der Waals surface area (Å²) >= 11 is 1.66. The van der Waals surface area contributed by atoms with Crippen molar-refractivity contribution in [3.8, 4) is 0 Å². The number of H-pyrrole nitrogens is 2. The van der Waals surface area contributed by atoms with E-state index in [-0.39, 0.29) is 24.2 Å². The van der Waals surface area contributed by atoms with Crippen LogP contribution in [0.1, 0.15) is 29.0 Å². The second kappa shape index (κ2) is 8.46. The van der Waals surface area contributed by atoms with Gasteiger partial charge >= 0.3 is 5.69 Å². The van der Waals surface area contributed by atoms with Gasteiger partial charge in [0.05, 0.1) is 23.6 Å². The zero-order valence-corrected chi connectivity index (χ0v) is 16.8. The number of carbonyl (C=O) groups is 1. The van der Waals surface area contributed by atoms with Gasteiger partial charge in [0, 0.05) is 10.6 Å². The van der Waals surface area contributed by atoms with Gasteiger partial charge in [-0.15, -0.1) is 11.3 Å². The maximum Gasteiger partial charge on any atom is 0.323 e. The lowest BCUT2D eigenvalue weighted by Gasteiger charge is -2.18. The first-order chi connectivity index (χ1) is 14.1. The van der Waals surface area contributed by atoms with Crippen LogP contribution in [0.15, 0.2) is 64.8 Å². The van der Waals surface area contributed by atoms with Gasteiger partial charge in [0.1, 0.15) is 0 Å². The molecule has 6 nitrogen and oxygen atoms in total. The average Bonchev–Trinajstić information content (AvgIpc) is 3.37. The molecule has 1 amide bonds. The molecule has 1 atom stereocenters. The van der Waals surface area contributed by atoms with Crippen molar-refractivity contribution in [3.05, 3.63) is 86.5 Å². The number of fused-ring (bicyclic) bond motifs is 1. The third-order valence-corrected chi connectivity index (χ3v) is 5.75. The highest BCUT2D eigenvalue weighted by atomic mass is 32.1. The van der Waals surface area contributed by atoms with Gasteiger partial charge < -0.3 is 15.3 Å². The predicted octanol–water partition coefficient (Wildman–Crippen LogP) is 3.80. The number of benzene rings is 2. The van der Waals surface area contributed by atoms with Gasteiger partial charge in [-0.3, -0.25) is 10.1 Å². The van der Waals surface area contributed by atoms with Crippen LogP contribution >= 0.6 is 11.3 Å². The number of thiophene rings is 1. The number of aromatic amines is 2. The van der Waals surface area contributed by atoms with E-state index in [0.717, 1.165) is 16.9 Å². The number of imidazole rings is 1. The van der Waals surface area contributed by atoms with Gasteiger partial charge in [0.2, 0.25) is 5.91 Å². The summed E-state index contributed by atoms with van der Waals surface area (Å²) in [6.07, 6.45) is 0.997. The maximum absolute atomic E-state index is 12.5. The largest absolute Gasteiger partial charge is 0.325 e. The van der Waals surface area contributed by atoms with Gasteiger partial charge in [0.15, 0.2) is 0 Å². The normalized spacial score (nSPS) is 12.2. The third kappa shape index (κ3) is 4.47. The van der Waals surface area contributed by atoms with E-state index in [9.17, 15) is 9.59 Å². The lowest BCUT2D eigenvalue weighted by Crippen LogP contribution is -2.31. The number of anilines is 1. The summed E-state index contributed by atoms with van der Waals surface area (Å²) < 4.78 is 0. The molecule has 4 N–H and O–H groups in total. The molecule has 2 aromatic heterocycles. The Hall–Kier alpha value is -3.16. The second-order valence-electron chi connectivity index (χ2n) is 6.81. The molecule has 0 fully saturated rings. The second-order valence-corrected chi connectivity index (χ2v) is 7.79. The fourth-order valence-corrected chi connectivity index (χ4v) is 4.12. The average molecular weight is 407 g/mol. The molecule has 4 rings (SSSR count). The summed E-state index contributed by atoms with van der Waals surface area (Å²) in [5, 5.41) is 8.29. The predicted molar refractivity (Wildman–Crippen MR) is 118 cm³/mol. The van der Waals surface area contributed by atoms with Crippen molar-refractivity contribution in [2.24, 2.45) is 0 Å². The van der Waals surface area contributed by atoms with Gasteiger partial charge in [-0.1, -0.05) is 37.3 Å². The molecule has 0 aliphatic heterocycles. The number of amides is 1. The van der Waals surface area contributed by atoms with Gasteiger partial charge in [-0.05, 0) is 47.2 Å². The van der Waals surface area contributed by atoms with E-state index in [1.54, 1.807) is 29.5 Å². The van der Waals surface area contributed by atoms with Crippen molar-refractivity contribution in [1.29, 1.82) is 0 Å². The van der Waals surface area contributed by atoms with Crippen molar-refractivity contribution < 1.29 is 4.79 Å². The first-order valence-corrected chi connectivity index (χ1v) is 10.4. The fraction of sp³-hybridized carbons (Fsp3) is 0.182. The molecule has 0 aliphatic rings. The maximum atomic E-state index is 12.5. The van der Waals surface area contributed by atoms with E-state index < -0.39 is 0 Å². The van der Waals surface area contributed by atoms with Crippen molar-refractivity contribution in [2.45, 2.75) is 19.4 Å². The Morgan fingerprint density at radius 3 is 2.59 bits per heavy atom. The van der Waals surface area contributed by atoms with Crippen LogP contribution in [-0.4, -0.2) is 22.4 Å². The van der Waals surface area contributed by atoms with Crippen LogP contribution in [0.5, 0.6) is 0 Å².